The quantitative estimate of drug-likeness (QED) is 0.673. The Labute approximate surface area is 154 Å². The van der Waals surface area contributed by atoms with E-state index in [1.807, 2.05) is 44.2 Å². The summed E-state index contributed by atoms with van der Waals surface area (Å²) in [5.41, 5.74) is 7.68. The van der Waals surface area contributed by atoms with E-state index >= 15 is 0 Å². The van der Waals surface area contributed by atoms with Gasteiger partial charge in [0.15, 0.2) is 0 Å². The summed E-state index contributed by atoms with van der Waals surface area (Å²) in [6.07, 6.45) is 3.29. The fourth-order valence-corrected chi connectivity index (χ4v) is 2.89. The molecule has 0 spiro atoms. The first-order valence-corrected chi connectivity index (χ1v) is 8.60. The normalized spacial score (nSPS) is 10.5. The Bertz CT molecular complexity index is 963. The van der Waals surface area contributed by atoms with Crippen LogP contribution in [-0.2, 0) is 0 Å². The molecule has 0 saturated carbocycles. The van der Waals surface area contributed by atoms with Crippen LogP contribution in [0.15, 0.2) is 54.9 Å². The van der Waals surface area contributed by atoms with Crippen molar-refractivity contribution in [1.29, 1.82) is 0 Å². The van der Waals surface area contributed by atoms with E-state index in [2.05, 4.69) is 41.6 Å². The van der Waals surface area contributed by atoms with Crippen LogP contribution >= 0.6 is 0 Å². The summed E-state index contributed by atoms with van der Waals surface area (Å²) in [5.74, 6) is -0.172. The summed E-state index contributed by atoms with van der Waals surface area (Å²) in [6.45, 7) is 8.14. The SMILES string of the molecule is Cc1ccc(NC(=O)c2cncc(Nc3ccc(C)cc3C)c2)c(C)c1. The zero-order valence-electron chi connectivity index (χ0n) is 15.6. The van der Waals surface area contributed by atoms with E-state index in [-0.39, 0.29) is 5.91 Å². The highest BCUT2D eigenvalue weighted by atomic mass is 16.1. The van der Waals surface area contributed by atoms with Crippen molar-refractivity contribution < 1.29 is 4.79 Å². The number of pyridine rings is 1. The molecule has 0 atom stereocenters. The molecule has 2 N–H and O–H groups in total. The van der Waals surface area contributed by atoms with Crippen LogP contribution in [0.1, 0.15) is 32.6 Å². The van der Waals surface area contributed by atoms with E-state index in [4.69, 9.17) is 0 Å². The third-order valence-electron chi connectivity index (χ3n) is 4.29. The molecule has 4 nitrogen and oxygen atoms in total. The van der Waals surface area contributed by atoms with Crippen molar-refractivity contribution in [2.24, 2.45) is 0 Å². The number of hydrogen-bond donors (Lipinski definition) is 2. The zero-order valence-corrected chi connectivity index (χ0v) is 15.6. The first-order valence-electron chi connectivity index (χ1n) is 8.60. The molecule has 0 unspecified atom stereocenters. The van der Waals surface area contributed by atoms with Gasteiger partial charge in [-0.2, -0.15) is 0 Å². The molecule has 0 aliphatic carbocycles. The van der Waals surface area contributed by atoms with Crippen LogP contribution in [-0.4, -0.2) is 10.9 Å². The number of anilines is 3. The van der Waals surface area contributed by atoms with E-state index in [0.717, 1.165) is 28.2 Å². The van der Waals surface area contributed by atoms with Crippen molar-refractivity contribution in [2.45, 2.75) is 27.7 Å². The van der Waals surface area contributed by atoms with Crippen molar-refractivity contribution >= 4 is 23.0 Å². The lowest BCUT2D eigenvalue weighted by atomic mass is 10.1. The Morgan fingerprint density at radius 3 is 2.04 bits per heavy atom. The van der Waals surface area contributed by atoms with Crippen LogP contribution in [0.5, 0.6) is 0 Å². The Hall–Kier alpha value is -3.14. The Morgan fingerprint density at radius 1 is 0.808 bits per heavy atom. The lowest BCUT2D eigenvalue weighted by molar-refractivity contribution is 0.102. The molecule has 1 amide bonds. The minimum atomic E-state index is -0.172. The maximum absolute atomic E-state index is 12.6. The summed E-state index contributed by atoms with van der Waals surface area (Å²) >= 11 is 0. The van der Waals surface area contributed by atoms with Crippen molar-refractivity contribution in [2.75, 3.05) is 10.6 Å². The number of hydrogen-bond acceptors (Lipinski definition) is 3. The molecule has 0 aliphatic rings. The van der Waals surface area contributed by atoms with Crippen molar-refractivity contribution in [3.8, 4) is 0 Å². The highest BCUT2D eigenvalue weighted by molar-refractivity contribution is 6.05. The number of nitrogens with zero attached hydrogens (tertiary/aromatic N) is 1. The number of aromatic nitrogens is 1. The third-order valence-corrected chi connectivity index (χ3v) is 4.29. The van der Waals surface area contributed by atoms with E-state index in [1.165, 1.54) is 11.1 Å². The summed E-state index contributed by atoms with van der Waals surface area (Å²) < 4.78 is 0. The predicted octanol–water partition coefficient (Wildman–Crippen LogP) is 5.31. The minimum absolute atomic E-state index is 0.172. The van der Waals surface area contributed by atoms with Gasteiger partial charge in [-0.3, -0.25) is 9.78 Å². The fraction of sp³-hybridized carbons (Fsp3) is 0.182. The van der Waals surface area contributed by atoms with Gasteiger partial charge in [-0.05, 0) is 57.0 Å². The van der Waals surface area contributed by atoms with Crippen molar-refractivity contribution in [3.05, 3.63) is 82.7 Å². The maximum Gasteiger partial charge on any atom is 0.257 e. The van der Waals surface area contributed by atoms with E-state index in [1.54, 1.807) is 12.4 Å². The van der Waals surface area contributed by atoms with Gasteiger partial charge in [-0.1, -0.05) is 35.4 Å². The van der Waals surface area contributed by atoms with Gasteiger partial charge in [0.25, 0.3) is 5.91 Å². The van der Waals surface area contributed by atoms with E-state index < -0.39 is 0 Å². The second kappa shape index (κ2) is 7.40. The Kier molecular flexibility index (Phi) is 5.03. The highest BCUT2D eigenvalue weighted by Crippen LogP contribution is 2.22. The van der Waals surface area contributed by atoms with Gasteiger partial charge in [0.05, 0.1) is 17.4 Å². The van der Waals surface area contributed by atoms with Gasteiger partial charge in [0.1, 0.15) is 0 Å². The van der Waals surface area contributed by atoms with Crippen molar-refractivity contribution in [3.63, 3.8) is 0 Å². The second-order valence-electron chi connectivity index (χ2n) is 6.68. The zero-order chi connectivity index (χ0) is 18.7. The van der Waals surface area contributed by atoms with Crippen LogP contribution in [0.2, 0.25) is 0 Å². The van der Waals surface area contributed by atoms with E-state index in [9.17, 15) is 4.79 Å². The number of benzene rings is 2. The monoisotopic (exact) mass is 345 g/mol. The highest BCUT2D eigenvalue weighted by Gasteiger charge is 2.10. The maximum atomic E-state index is 12.6. The van der Waals surface area contributed by atoms with Crippen LogP contribution < -0.4 is 10.6 Å². The summed E-state index contributed by atoms with van der Waals surface area (Å²) in [7, 11) is 0. The van der Waals surface area contributed by atoms with Crippen LogP contribution in [0.4, 0.5) is 17.1 Å². The van der Waals surface area contributed by atoms with Gasteiger partial charge < -0.3 is 10.6 Å². The lowest BCUT2D eigenvalue weighted by Crippen LogP contribution is -2.13. The van der Waals surface area contributed by atoms with Crippen molar-refractivity contribution in [1.82, 2.24) is 4.98 Å². The van der Waals surface area contributed by atoms with Gasteiger partial charge in [0.2, 0.25) is 0 Å². The molecule has 0 radical (unpaired) electrons. The largest absolute Gasteiger partial charge is 0.354 e. The Balaban J connectivity index is 1.79. The van der Waals surface area contributed by atoms with Crippen LogP contribution in [0.25, 0.3) is 0 Å². The molecule has 0 fully saturated rings. The molecule has 132 valence electrons. The smallest absolute Gasteiger partial charge is 0.257 e. The minimum Gasteiger partial charge on any atom is -0.354 e. The molecule has 0 bridgehead atoms. The Morgan fingerprint density at radius 2 is 1.42 bits per heavy atom. The number of amides is 1. The molecular weight excluding hydrogens is 322 g/mol. The molecule has 0 saturated heterocycles. The topological polar surface area (TPSA) is 54.0 Å². The molecule has 3 rings (SSSR count). The molecular formula is C22H23N3O. The average molecular weight is 345 g/mol. The number of rotatable bonds is 4. The predicted molar refractivity (Wildman–Crippen MR) is 107 cm³/mol. The summed E-state index contributed by atoms with van der Waals surface area (Å²) in [6, 6.07) is 14.0. The van der Waals surface area contributed by atoms with Crippen LogP contribution in [0.3, 0.4) is 0 Å². The first kappa shape index (κ1) is 17.7. The number of aryl methyl sites for hydroxylation is 4. The second-order valence-corrected chi connectivity index (χ2v) is 6.68. The number of carbonyl (C=O) groups is 1. The van der Waals surface area contributed by atoms with Gasteiger partial charge in [0, 0.05) is 17.6 Å². The number of nitrogens with one attached hydrogen (secondary N) is 2. The summed E-state index contributed by atoms with van der Waals surface area (Å²) in [4.78, 5) is 16.8. The summed E-state index contributed by atoms with van der Waals surface area (Å²) in [5, 5.41) is 6.29. The standard InChI is InChI=1S/C22H23N3O/c1-14-5-7-20(16(3)9-14)24-19-11-18(12-23-13-19)22(26)25-21-8-6-15(2)10-17(21)4/h5-13,24H,1-4H3,(H,25,26). The van der Waals surface area contributed by atoms with Gasteiger partial charge >= 0.3 is 0 Å². The molecule has 26 heavy (non-hydrogen) atoms. The van der Waals surface area contributed by atoms with Crippen LogP contribution in [0, 0.1) is 27.7 Å². The molecule has 0 aliphatic heterocycles. The molecule has 2 aromatic carbocycles. The molecule has 1 aromatic heterocycles. The molecule has 1 heterocycles. The van der Waals surface area contributed by atoms with E-state index in [0.29, 0.717) is 5.56 Å². The fourth-order valence-electron chi connectivity index (χ4n) is 2.89. The lowest BCUT2D eigenvalue weighted by Gasteiger charge is -2.12. The number of carbonyl (C=O) groups excluding carboxylic acids is 1. The first-order chi connectivity index (χ1) is 12.4. The molecule has 3 aromatic rings. The average Bonchev–Trinajstić information content (AvgIpc) is 2.60. The van der Waals surface area contributed by atoms with Gasteiger partial charge in [-0.15, -0.1) is 0 Å². The molecule has 4 heteroatoms. The third kappa shape index (κ3) is 4.09. The van der Waals surface area contributed by atoms with Gasteiger partial charge in [-0.25, -0.2) is 0 Å².